The van der Waals surface area contributed by atoms with Gasteiger partial charge in [-0.3, -0.25) is 10.1 Å². The topological polar surface area (TPSA) is 82.2 Å². The molecule has 2 heterocycles. The first kappa shape index (κ1) is 13.9. The molecule has 0 aliphatic rings. The van der Waals surface area contributed by atoms with Crippen LogP contribution in [0.2, 0.25) is 0 Å². The number of hydrogen-bond donors (Lipinski definition) is 1. The zero-order valence-corrected chi connectivity index (χ0v) is 12.1. The van der Waals surface area contributed by atoms with Crippen molar-refractivity contribution in [1.29, 1.82) is 0 Å². The second-order valence-corrected chi connectivity index (χ2v) is 4.59. The highest BCUT2D eigenvalue weighted by Gasteiger charge is 2.15. The summed E-state index contributed by atoms with van der Waals surface area (Å²) in [5.41, 5.74) is 1.84. The molecular formula is C15H14N4O3. The number of benzene rings is 1. The van der Waals surface area contributed by atoms with Gasteiger partial charge < -0.3 is 13.8 Å². The maximum atomic E-state index is 11.9. The SMILES string of the molecule is COc1ccc(-c2cnc(NC(=O)c3ccno3)n2C)cc1. The molecule has 0 spiro atoms. The molecule has 0 aliphatic carbocycles. The molecule has 1 amide bonds. The van der Waals surface area contributed by atoms with Crippen LogP contribution in [0.4, 0.5) is 5.95 Å². The van der Waals surface area contributed by atoms with Crippen molar-refractivity contribution in [2.24, 2.45) is 7.05 Å². The Labute approximate surface area is 126 Å². The first-order valence-corrected chi connectivity index (χ1v) is 6.57. The molecule has 112 valence electrons. The molecule has 22 heavy (non-hydrogen) atoms. The molecule has 0 aliphatic heterocycles. The molecule has 0 radical (unpaired) electrons. The molecule has 3 aromatic rings. The van der Waals surface area contributed by atoms with E-state index in [1.165, 1.54) is 12.3 Å². The number of nitrogens with one attached hydrogen (secondary N) is 1. The molecule has 2 aromatic heterocycles. The molecule has 0 fully saturated rings. The number of methoxy groups -OCH3 is 1. The second-order valence-electron chi connectivity index (χ2n) is 4.59. The van der Waals surface area contributed by atoms with Gasteiger partial charge >= 0.3 is 0 Å². The summed E-state index contributed by atoms with van der Waals surface area (Å²) in [5.74, 6) is 0.943. The van der Waals surface area contributed by atoms with Crippen LogP contribution in [-0.4, -0.2) is 27.7 Å². The molecular weight excluding hydrogens is 284 g/mol. The smallest absolute Gasteiger partial charge is 0.296 e. The van der Waals surface area contributed by atoms with E-state index in [1.807, 2.05) is 31.3 Å². The molecule has 1 N–H and O–H groups in total. The maximum Gasteiger partial charge on any atom is 0.296 e. The molecule has 0 bridgehead atoms. The minimum atomic E-state index is -0.396. The Morgan fingerprint density at radius 2 is 2.05 bits per heavy atom. The lowest BCUT2D eigenvalue weighted by Gasteiger charge is -2.07. The van der Waals surface area contributed by atoms with Crippen molar-refractivity contribution in [2.75, 3.05) is 12.4 Å². The number of hydrogen-bond acceptors (Lipinski definition) is 5. The Balaban J connectivity index is 1.83. The number of anilines is 1. The summed E-state index contributed by atoms with van der Waals surface area (Å²) in [4.78, 5) is 16.2. The lowest BCUT2D eigenvalue weighted by molar-refractivity contribution is 0.0986. The fraction of sp³-hybridized carbons (Fsp3) is 0.133. The predicted molar refractivity (Wildman–Crippen MR) is 79.7 cm³/mol. The number of aromatic nitrogens is 3. The van der Waals surface area contributed by atoms with Gasteiger partial charge in [0.2, 0.25) is 11.7 Å². The Morgan fingerprint density at radius 3 is 2.68 bits per heavy atom. The number of imidazole rings is 1. The molecule has 3 rings (SSSR count). The molecule has 7 nitrogen and oxygen atoms in total. The van der Waals surface area contributed by atoms with E-state index in [-0.39, 0.29) is 5.76 Å². The third kappa shape index (κ3) is 2.56. The van der Waals surface area contributed by atoms with Gasteiger partial charge in [-0.15, -0.1) is 0 Å². The van der Waals surface area contributed by atoms with Crippen molar-refractivity contribution in [3.63, 3.8) is 0 Å². The van der Waals surface area contributed by atoms with E-state index in [9.17, 15) is 4.79 Å². The Kier molecular flexibility index (Phi) is 3.61. The van der Waals surface area contributed by atoms with Crippen molar-refractivity contribution in [3.8, 4) is 17.0 Å². The van der Waals surface area contributed by atoms with E-state index < -0.39 is 5.91 Å². The quantitative estimate of drug-likeness (QED) is 0.799. The maximum absolute atomic E-state index is 11.9. The van der Waals surface area contributed by atoms with Crippen LogP contribution < -0.4 is 10.1 Å². The van der Waals surface area contributed by atoms with Gasteiger partial charge in [-0.2, -0.15) is 0 Å². The van der Waals surface area contributed by atoms with Crippen molar-refractivity contribution in [3.05, 3.63) is 48.5 Å². The fourth-order valence-corrected chi connectivity index (χ4v) is 2.05. The summed E-state index contributed by atoms with van der Waals surface area (Å²) in [6.07, 6.45) is 3.11. The lowest BCUT2D eigenvalue weighted by atomic mass is 10.1. The van der Waals surface area contributed by atoms with Gasteiger partial charge in [-0.1, -0.05) is 5.16 Å². The van der Waals surface area contributed by atoms with Gasteiger partial charge in [0.25, 0.3) is 5.91 Å². The second kappa shape index (κ2) is 5.72. The summed E-state index contributed by atoms with van der Waals surface area (Å²) >= 11 is 0. The van der Waals surface area contributed by atoms with E-state index in [4.69, 9.17) is 9.26 Å². The van der Waals surface area contributed by atoms with Crippen LogP contribution >= 0.6 is 0 Å². The predicted octanol–water partition coefficient (Wildman–Crippen LogP) is 2.34. The highest BCUT2D eigenvalue weighted by atomic mass is 16.5. The fourth-order valence-electron chi connectivity index (χ4n) is 2.05. The van der Waals surface area contributed by atoms with E-state index in [0.717, 1.165) is 17.0 Å². The average Bonchev–Trinajstić information content (AvgIpc) is 3.19. The van der Waals surface area contributed by atoms with Gasteiger partial charge in [-0.05, 0) is 24.3 Å². The highest BCUT2D eigenvalue weighted by Crippen LogP contribution is 2.24. The molecule has 7 heteroatoms. The van der Waals surface area contributed by atoms with Crippen LogP contribution in [-0.2, 0) is 7.05 Å². The third-order valence-electron chi connectivity index (χ3n) is 3.26. The molecule has 0 unspecified atom stereocenters. The third-order valence-corrected chi connectivity index (χ3v) is 3.26. The molecule has 1 aromatic carbocycles. The van der Waals surface area contributed by atoms with E-state index in [0.29, 0.717) is 5.95 Å². The van der Waals surface area contributed by atoms with Gasteiger partial charge in [0.15, 0.2) is 0 Å². The first-order valence-electron chi connectivity index (χ1n) is 6.57. The molecule has 0 saturated heterocycles. The number of carbonyl (C=O) groups is 1. The zero-order chi connectivity index (χ0) is 15.5. The molecule has 0 atom stereocenters. The number of rotatable bonds is 4. The summed E-state index contributed by atoms with van der Waals surface area (Å²) in [7, 11) is 3.44. The van der Waals surface area contributed by atoms with Crippen LogP contribution in [0.1, 0.15) is 10.6 Å². The van der Waals surface area contributed by atoms with Crippen LogP contribution in [0.5, 0.6) is 5.75 Å². The first-order chi connectivity index (χ1) is 10.7. The van der Waals surface area contributed by atoms with Crippen molar-refractivity contribution in [2.45, 2.75) is 0 Å². The van der Waals surface area contributed by atoms with Crippen LogP contribution in [0, 0.1) is 0 Å². The monoisotopic (exact) mass is 298 g/mol. The Bertz CT molecular complexity index is 776. The van der Waals surface area contributed by atoms with E-state index in [2.05, 4.69) is 15.5 Å². The molecule has 0 saturated carbocycles. The highest BCUT2D eigenvalue weighted by molar-refractivity contribution is 6.01. The lowest BCUT2D eigenvalue weighted by Crippen LogP contribution is -2.14. The Hall–Kier alpha value is -3.09. The van der Waals surface area contributed by atoms with E-state index in [1.54, 1.807) is 17.9 Å². The van der Waals surface area contributed by atoms with Crippen LogP contribution in [0.25, 0.3) is 11.3 Å². The number of carbonyl (C=O) groups excluding carboxylic acids is 1. The van der Waals surface area contributed by atoms with Crippen molar-refractivity contribution in [1.82, 2.24) is 14.7 Å². The minimum Gasteiger partial charge on any atom is -0.497 e. The van der Waals surface area contributed by atoms with Gasteiger partial charge in [0, 0.05) is 18.7 Å². The van der Waals surface area contributed by atoms with Gasteiger partial charge in [0.1, 0.15) is 5.75 Å². The van der Waals surface area contributed by atoms with Gasteiger partial charge in [0.05, 0.1) is 25.2 Å². The standard InChI is InChI=1S/C15H14N4O3/c1-19-12(10-3-5-11(21-2)6-4-10)9-16-15(19)18-14(20)13-7-8-17-22-13/h3-9H,1-2H3,(H,16,18,20). The van der Waals surface area contributed by atoms with Crippen LogP contribution in [0.3, 0.4) is 0 Å². The number of amides is 1. The summed E-state index contributed by atoms with van der Waals surface area (Å²) in [6.45, 7) is 0. The van der Waals surface area contributed by atoms with Crippen LogP contribution in [0.15, 0.2) is 47.2 Å². The largest absolute Gasteiger partial charge is 0.497 e. The van der Waals surface area contributed by atoms with Gasteiger partial charge in [-0.25, -0.2) is 4.98 Å². The minimum absolute atomic E-state index is 0.133. The summed E-state index contributed by atoms with van der Waals surface area (Å²) in [5, 5.41) is 6.18. The Morgan fingerprint density at radius 1 is 1.27 bits per heavy atom. The number of ether oxygens (including phenoxy) is 1. The number of nitrogens with zero attached hydrogens (tertiary/aromatic N) is 3. The zero-order valence-electron chi connectivity index (χ0n) is 12.1. The summed E-state index contributed by atoms with van der Waals surface area (Å²) in [6, 6.07) is 9.09. The van der Waals surface area contributed by atoms with E-state index >= 15 is 0 Å². The summed E-state index contributed by atoms with van der Waals surface area (Å²) < 4.78 is 11.7. The normalized spacial score (nSPS) is 10.5. The van der Waals surface area contributed by atoms with Crippen molar-refractivity contribution < 1.29 is 14.1 Å². The van der Waals surface area contributed by atoms with Crippen molar-refractivity contribution >= 4 is 11.9 Å². The average molecular weight is 298 g/mol.